The first-order chi connectivity index (χ1) is 8.08. The van der Waals surface area contributed by atoms with Gasteiger partial charge in [0.15, 0.2) is 0 Å². The third kappa shape index (κ3) is 2.54. The van der Waals surface area contributed by atoms with E-state index < -0.39 is 6.04 Å². The number of benzene rings is 1. The number of carbonyl (C=O) groups is 1. The Morgan fingerprint density at radius 1 is 1.53 bits per heavy atom. The van der Waals surface area contributed by atoms with Crippen molar-refractivity contribution in [1.29, 1.82) is 0 Å². The smallest absolute Gasteiger partial charge is 0.241 e. The molecule has 17 heavy (non-hydrogen) atoms. The summed E-state index contributed by atoms with van der Waals surface area (Å²) >= 11 is 5.98. The van der Waals surface area contributed by atoms with Gasteiger partial charge in [-0.2, -0.15) is 0 Å². The highest BCUT2D eigenvalue weighted by atomic mass is 35.5. The second-order valence-corrected chi connectivity index (χ2v) is 4.26. The predicted octanol–water partition coefficient (Wildman–Crippen LogP) is 2.17. The maximum Gasteiger partial charge on any atom is 0.241 e. The summed E-state index contributed by atoms with van der Waals surface area (Å²) in [5, 5.41) is 5.06. The molecule has 1 amide bonds. The van der Waals surface area contributed by atoms with Crippen LogP contribution in [0.3, 0.4) is 0 Å². The van der Waals surface area contributed by atoms with Gasteiger partial charge in [0.2, 0.25) is 5.91 Å². The van der Waals surface area contributed by atoms with E-state index in [4.69, 9.17) is 17.3 Å². The van der Waals surface area contributed by atoms with Gasteiger partial charge >= 0.3 is 0 Å². The third-order valence-electron chi connectivity index (χ3n) is 2.39. The number of carbonyl (C=O) groups excluding carboxylic acids is 1. The van der Waals surface area contributed by atoms with Gasteiger partial charge in [0.25, 0.3) is 0 Å². The Balaban J connectivity index is 2.49. The normalized spacial score (nSPS) is 12.4. The SMILES string of the molecule is CC(N)C(=O)Nc1cc(Cl)cc2cnccc12. The van der Waals surface area contributed by atoms with Gasteiger partial charge in [-0.3, -0.25) is 9.78 Å². The fourth-order valence-corrected chi connectivity index (χ4v) is 1.75. The van der Waals surface area contributed by atoms with Gasteiger partial charge in [-0.05, 0) is 25.1 Å². The molecular weight excluding hydrogens is 238 g/mol. The summed E-state index contributed by atoms with van der Waals surface area (Å²) in [6.45, 7) is 1.63. The number of nitrogens with zero attached hydrogens (tertiary/aromatic N) is 1. The zero-order valence-electron chi connectivity index (χ0n) is 9.27. The minimum atomic E-state index is -0.564. The quantitative estimate of drug-likeness (QED) is 0.857. The van der Waals surface area contributed by atoms with Crippen molar-refractivity contribution in [2.75, 3.05) is 5.32 Å². The summed E-state index contributed by atoms with van der Waals surface area (Å²) in [7, 11) is 0. The first-order valence-electron chi connectivity index (χ1n) is 5.17. The van der Waals surface area contributed by atoms with Gasteiger partial charge in [-0.15, -0.1) is 0 Å². The van der Waals surface area contributed by atoms with Crippen LogP contribution in [0.5, 0.6) is 0 Å². The van der Waals surface area contributed by atoms with E-state index in [1.165, 1.54) is 0 Å². The minimum absolute atomic E-state index is 0.245. The van der Waals surface area contributed by atoms with Crippen molar-refractivity contribution in [2.24, 2.45) is 5.73 Å². The maximum atomic E-state index is 11.6. The van der Waals surface area contributed by atoms with E-state index in [1.54, 1.807) is 31.5 Å². The van der Waals surface area contributed by atoms with Gasteiger partial charge < -0.3 is 11.1 Å². The summed E-state index contributed by atoms with van der Waals surface area (Å²) in [6, 6.07) is 4.75. The van der Waals surface area contributed by atoms with E-state index in [0.717, 1.165) is 10.8 Å². The van der Waals surface area contributed by atoms with Crippen LogP contribution in [0.25, 0.3) is 10.8 Å². The second-order valence-electron chi connectivity index (χ2n) is 3.83. The average molecular weight is 250 g/mol. The Bertz CT molecular complexity index is 569. The molecule has 4 nitrogen and oxygen atoms in total. The van der Waals surface area contributed by atoms with Crippen molar-refractivity contribution in [2.45, 2.75) is 13.0 Å². The van der Waals surface area contributed by atoms with Crippen molar-refractivity contribution < 1.29 is 4.79 Å². The van der Waals surface area contributed by atoms with Crippen molar-refractivity contribution in [3.05, 3.63) is 35.6 Å². The number of fused-ring (bicyclic) bond motifs is 1. The first kappa shape index (κ1) is 11.8. The number of hydrogen-bond acceptors (Lipinski definition) is 3. The molecule has 0 saturated heterocycles. The summed E-state index contributed by atoms with van der Waals surface area (Å²) in [6.07, 6.45) is 3.36. The molecule has 0 aliphatic heterocycles. The monoisotopic (exact) mass is 249 g/mol. The molecule has 88 valence electrons. The Labute approximate surface area is 104 Å². The second kappa shape index (κ2) is 4.69. The van der Waals surface area contributed by atoms with E-state index in [9.17, 15) is 4.79 Å². The van der Waals surface area contributed by atoms with Gasteiger partial charge in [0.05, 0.1) is 11.7 Å². The minimum Gasteiger partial charge on any atom is -0.324 e. The molecule has 1 unspecified atom stereocenters. The lowest BCUT2D eigenvalue weighted by molar-refractivity contribution is -0.117. The zero-order chi connectivity index (χ0) is 12.4. The molecule has 3 N–H and O–H groups in total. The molecule has 0 radical (unpaired) electrons. The number of pyridine rings is 1. The topological polar surface area (TPSA) is 68.0 Å². The summed E-state index contributed by atoms with van der Waals surface area (Å²) in [5.74, 6) is -0.245. The first-order valence-corrected chi connectivity index (χ1v) is 5.55. The average Bonchev–Trinajstić information content (AvgIpc) is 2.28. The lowest BCUT2D eigenvalue weighted by atomic mass is 10.1. The summed E-state index contributed by atoms with van der Waals surface area (Å²) in [5.41, 5.74) is 6.16. The Kier molecular flexibility index (Phi) is 3.26. The number of anilines is 1. The number of halogens is 1. The molecule has 0 spiro atoms. The van der Waals surface area contributed by atoms with Crippen LogP contribution >= 0.6 is 11.6 Å². The van der Waals surface area contributed by atoms with Crippen LogP contribution in [-0.2, 0) is 4.79 Å². The number of rotatable bonds is 2. The highest BCUT2D eigenvalue weighted by molar-refractivity contribution is 6.32. The maximum absolute atomic E-state index is 11.6. The number of nitrogens with one attached hydrogen (secondary N) is 1. The Morgan fingerprint density at radius 3 is 3.00 bits per heavy atom. The van der Waals surface area contributed by atoms with E-state index in [1.807, 2.05) is 6.07 Å². The van der Waals surface area contributed by atoms with E-state index in [0.29, 0.717) is 10.7 Å². The number of nitrogens with two attached hydrogens (primary N) is 1. The lowest BCUT2D eigenvalue weighted by Crippen LogP contribution is -2.32. The van der Waals surface area contributed by atoms with E-state index >= 15 is 0 Å². The molecule has 0 fully saturated rings. The molecule has 0 aliphatic rings. The van der Waals surface area contributed by atoms with E-state index in [-0.39, 0.29) is 5.91 Å². The van der Waals surface area contributed by atoms with Crippen LogP contribution in [0, 0.1) is 0 Å². The molecular formula is C12H12ClN3O. The fraction of sp³-hybridized carbons (Fsp3) is 0.167. The van der Waals surface area contributed by atoms with Crippen LogP contribution < -0.4 is 11.1 Å². The van der Waals surface area contributed by atoms with Crippen molar-refractivity contribution in [3.8, 4) is 0 Å². The van der Waals surface area contributed by atoms with Gasteiger partial charge in [0.1, 0.15) is 0 Å². The molecule has 1 heterocycles. The fourth-order valence-electron chi connectivity index (χ4n) is 1.52. The largest absolute Gasteiger partial charge is 0.324 e. The van der Waals surface area contributed by atoms with Crippen LogP contribution in [0.15, 0.2) is 30.6 Å². The lowest BCUT2D eigenvalue weighted by Gasteiger charge is -2.11. The van der Waals surface area contributed by atoms with Crippen LogP contribution in [0.4, 0.5) is 5.69 Å². The van der Waals surface area contributed by atoms with Crippen molar-refractivity contribution in [1.82, 2.24) is 4.98 Å². The summed E-state index contributed by atoms with van der Waals surface area (Å²) in [4.78, 5) is 15.6. The van der Waals surface area contributed by atoms with Crippen molar-refractivity contribution >= 4 is 34.0 Å². The van der Waals surface area contributed by atoms with Gasteiger partial charge in [-0.1, -0.05) is 11.6 Å². The van der Waals surface area contributed by atoms with Gasteiger partial charge in [-0.25, -0.2) is 0 Å². The highest BCUT2D eigenvalue weighted by Gasteiger charge is 2.10. The molecule has 1 atom stereocenters. The molecule has 2 rings (SSSR count). The summed E-state index contributed by atoms with van der Waals surface area (Å²) < 4.78 is 0. The molecule has 0 aliphatic carbocycles. The van der Waals surface area contributed by atoms with Crippen LogP contribution in [0.1, 0.15) is 6.92 Å². The van der Waals surface area contributed by atoms with Gasteiger partial charge in [0, 0.05) is 28.2 Å². The van der Waals surface area contributed by atoms with Crippen LogP contribution in [-0.4, -0.2) is 16.9 Å². The molecule has 1 aromatic carbocycles. The van der Waals surface area contributed by atoms with Crippen LogP contribution in [0.2, 0.25) is 5.02 Å². The highest BCUT2D eigenvalue weighted by Crippen LogP contribution is 2.27. The Morgan fingerprint density at radius 2 is 2.29 bits per heavy atom. The molecule has 1 aromatic heterocycles. The zero-order valence-corrected chi connectivity index (χ0v) is 10.0. The third-order valence-corrected chi connectivity index (χ3v) is 2.61. The number of aromatic nitrogens is 1. The molecule has 0 saturated carbocycles. The van der Waals surface area contributed by atoms with E-state index in [2.05, 4.69) is 10.3 Å². The Hall–Kier alpha value is -1.65. The van der Waals surface area contributed by atoms with Crippen molar-refractivity contribution in [3.63, 3.8) is 0 Å². The number of hydrogen-bond donors (Lipinski definition) is 2. The standard InChI is InChI=1S/C12H12ClN3O/c1-7(14)12(17)16-11-5-9(13)4-8-6-15-3-2-10(8)11/h2-7H,14H2,1H3,(H,16,17). The predicted molar refractivity (Wildman–Crippen MR) is 69.0 cm³/mol. The molecule has 5 heteroatoms. The molecule has 0 bridgehead atoms. The number of amides is 1. The molecule has 2 aromatic rings.